The van der Waals surface area contributed by atoms with Gasteiger partial charge in [-0.2, -0.15) is 0 Å². The van der Waals surface area contributed by atoms with Crippen LogP contribution in [0.4, 0.5) is 0 Å². The van der Waals surface area contributed by atoms with Crippen molar-refractivity contribution in [3.8, 4) is 11.4 Å². The second-order valence-corrected chi connectivity index (χ2v) is 7.63. The van der Waals surface area contributed by atoms with E-state index in [-0.39, 0.29) is 11.0 Å². The molecule has 2 aromatic carbocycles. The summed E-state index contributed by atoms with van der Waals surface area (Å²) in [5.74, 6) is 0.684. The van der Waals surface area contributed by atoms with E-state index in [2.05, 4.69) is 10.2 Å². The molecule has 0 bridgehead atoms. The Morgan fingerprint density at radius 1 is 1.08 bits per heavy atom. The van der Waals surface area contributed by atoms with Gasteiger partial charge in [-0.3, -0.25) is 4.79 Å². The molecule has 128 valence electrons. The van der Waals surface area contributed by atoms with Crippen LogP contribution < -0.4 is 0 Å². The van der Waals surface area contributed by atoms with Gasteiger partial charge >= 0.3 is 0 Å². The third-order valence-corrected chi connectivity index (χ3v) is 5.45. The second-order valence-electron chi connectivity index (χ2n) is 5.48. The summed E-state index contributed by atoms with van der Waals surface area (Å²) in [6.07, 6.45) is 0. The number of halogens is 2. The summed E-state index contributed by atoms with van der Waals surface area (Å²) in [6.45, 7) is 1.85. The van der Waals surface area contributed by atoms with Crippen molar-refractivity contribution in [1.29, 1.82) is 0 Å². The van der Waals surface area contributed by atoms with Gasteiger partial charge in [0.25, 0.3) is 0 Å². The first kappa shape index (κ1) is 18.0. The summed E-state index contributed by atoms with van der Waals surface area (Å²) in [7, 11) is 1.86. The molecule has 3 aromatic rings. The third kappa shape index (κ3) is 3.89. The van der Waals surface area contributed by atoms with Gasteiger partial charge < -0.3 is 4.57 Å². The van der Waals surface area contributed by atoms with Crippen molar-refractivity contribution < 1.29 is 4.79 Å². The van der Waals surface area contributed by atoms with E-state index in [4.69, 9.17) is 23.2 Å². The summed E-state index contributed by atoms with van der Waals surface area (Å²) >= 11 is 13.5. The largest absolute Gasteiger partial charge is 0.305 e. The topological polar surface area (TPSA) is 47.8 Å². The van der Waals surface area contributed by atoms with E-state index in [9.17, 15) is 4.79 Å². The van der Waals surface area contributed by atoms with Crippen LogP contribution in [0.5, 0.6) is 0 Å². The highest BCUT2D eigenvalue weighted by molar-refractivity contribution is 8.00. The molecule has 0 radical (unpaired) electrons. The number of carbonyl (C=O) groups excluding carboxylic acids is 1. The minimum atomic E-state index is -0.303. The summed E-state index contributed by atoms with van der Waals surface area (Å²) in [6, 6.07) is 14.4. The molecule has 0 saturated carbocycles. The highest BCUT2D eigenvalue weighted by Crippen LogP contribution is 2.30. The number of hydrogen-bond donors (Lipinski definition) is 0. The number of carbonyl (C=O) groups is 1. The molecular weight excluding hydrogens is 377 g/mol. The van der Waals surface area contributed by atoms with Crippen LogP contribution in [0.2, 0.25) is 10.0 Å². The van der Waals surface area contributed by atoms with Crippen LogP contribution in [-0.2, 0) is 7.05 Å². The summed E-state index contributed by atoms with van der Waals surface area (Å²) in [4.78, 5) is 12.6. The lowest BCUT2D eigenvalue weighted by molar-refractivity contribution is 0.0994. The summed E-state index contributed by atoms with van der Waals surface area (Å²) in [5.41, 5.74) is 1.43. The van der Waals surface area contributed by atoms with E-state index >= 15 is 0 Å². The SMILES string of the molecule is C[C@@H](Sc1nnc(-c2ccccc2Cl)n1C)C(=O)c1ccc(Cl)cc1. The Balaban J connectivity index is 1.81. The Labute approximate surface area is 160 Å². The number of thioether (sulfide) groups is 1. The number of nitrogens with zero attached hydrogens (tertiary/aromatic N) is 3. The van der Waals surface area contributed by atoms with Gasteiger partial charge in [0.2, 0.25) is 0 Å². The van der Waals surface area contributed by atoms with Gasteiger partial charge in [-0.05, 0) is 43.3 Å². The first-order valence-corrected chi connectivity index (χ1v) is 9.21. The van der Waals surface area contributed by atoms with Crippen LogP contribution in [0.25, 0.3) is 11.4 Å². The standard InChI is InChI=1S/C18H15Cl2N3OS/c1-11(16(24)12-7-9-13(19)10-8-12)25-18-22-21-17(23(18)2)14-5-3-4-6-15(14)20/h3-11H,1-2H3/t11-/m1/s1. The summed E-state index contributed by atoms with van der Waals surface area (Å²) < 4.78 is 1.84. The number of rotatable bonds is 5. The van der Waals surface area contributed by atoms with Gasteiger partial charge in [-0.1, -0.05) is 47.1 Å². The molecule has 4 nitrogen and oxygen atoms in total. The molecule has 0 aliphatic rings. The Hall–Kier alpha value is -1.82. The van der Waals surface area contributed by atoms with E-state index in [1.807, 2.05) is 42.8 Å². The fourth-order valence-electron chi connectivity index (χ4n) is 2.36. The summed E-state index contributed by atoms with van der Waals surface area (Å²) in [5, 5.41) is 10.0. The van der Waals surface area contributed by atoms with Crippen LogP contribution >= 0.6 is 35.0 Å². The van der Waals surface area contributed by atoms with Crippen molar-refractivity contribution in [2.45, 2.75) is 17.3 Å². The molecule has 1 aromatic heterocycles. The van der Waals surface area contributed by atoms with Crippen LogP contribution in [0, 0.1) is 0 Å². The third-order valence-electron chi connectivity index (χ3n) is 3.73. The number of Topliss-reactive ketones (excluding diaryl/α,β-unsaturated/α-hetero) is 1. The van der Waals surface area contributed by atoms with Crippen molar-refractivity contribution >= 4 is 40.7 Å². The predicted molar refractivity (Wildman–Crippen MR) is 103 cm³/mol. The normalized spacial score (nSPS) is 12.2. The monoisotopic (exact) mass is 391 g/mol. The van der Waals surface area contributed by atoms with Gasteiger partial charge in [0, 0.05) is 23.2 Å². The van der Waals surface area contributed by atoms with Crippen molar-refractivity contribution in [3.05, 3.63) is 64.1 Å². The zero-order valence-corrected chi connectivity index (χ0v) is 15.9. The maximum absolute atomic E-state index is 12.6. The van der Waals surface area contributed by atoms with Gasteiger partial charge in [0.15, 0.2) is 16.8 Å². The van der Waals surface area contributed by atoms with Crippen LogP contribution in [0.1, 0.15) is 17.3 Å². The van der Waals surface area contributed by atoms with Crippen molar-refractivity contribution in [2.75, 3.05) is 0 Å². The fraction of sp³-hybridized carbons (Fsp3) is 0.167. The lowest BCUT2D eigenvalue weighted by Gasteiger charge is -2.10. The minimum Gasteiger partial charge on any atom is -0.305 e. The van der Waals surface area contributed by atoms with Crippen molar-refractivity contribution in [3.63, 3.8) is 0 Å². The molecule has 3 rings (SSSR count). The second kappa shape index (κ2) is 7.60. The smallest absolute Gasteiger partial charge is 0.191 e. The Kier molecular flexibility index (Phi) is 5.47. The molecule has 0 spiro atoms. The average molecular weight is 392 g/mol. The maximum atomic E-state index is 12.6. The van der Waals surface area contributed by atoms with Gasteiger partial charge in [0.1, 0.15) is 0 Å². The highest BCUT2D eigenvalue weighted by Gasteiger charge is 2.21. The minimum absolute atomic E-state index is 0.0176. The van der Waals surface area contributed by atoms with E-state index < -0.39 is 0 Å². The van der Waals surface area contributed by atoms with Gasteiger partial charge in [-0.25, -0.2) is 0 Å². The molecule has 0 aliphatic heterocycles. The lowest BCUT2D eigenvalue weighted by Crippen LogP contribution is -2.14. The molecule has 1 atom stereocenters. The number of hydrogen-bond acceptors (Lipinski definition) is 4. The Morgan fingerprint density at radius 3 is 2.44 bits per heavy atom. The average Bonchev–Trinajstić information content (AvgIpc) is 2.96. The van der Waals surface area contributed by atoms with Gasteiger partial charge in [-0.15, -0.1) is 10.2 Å². The fourth-order valence-corrected chi connectivity index (χ4v) is 3.59. The zero-order chi connectivity index (χ0) is 18.0. The molecule has 7 heteroatoms. The quantitative estimate of drug-likeness (QED) is 0.445. The number of ketones is 1. The van der Waals surface area contributed by atoms with Crippen LogP contribution in [0.3, 0.4) is 0 Å². The maximum Gasteiger partial charge on any atom is 0.191 e. The Morgan fingerprint density at radius 2 is 1.76 bits per heavy atom. The zero-order valence-electron chi connectivity index (χ0n) is 13.6. The van der Waals surface area contributed by atoms with Crippen LogP contribution in [-0.4, -0.2) is 25.8 Å². The molecule has 0 aliphatic carbocycles. The molecule has 0 unspecified atom stereocenters. The molecule has 0 saturated heterocycles. The van der Waals surface area contributed by atoms with Crippen molar-refractivity contribution in [1.82, 2.24) is 14.8 Å². The molecule has 1 heterocycles. The first-order valence-electron chi connectivity index (χ1n) is 7.58. The van der Waals surface area contributed by atoms with E-state index in [0.29, 0.717) is 26.6 Å². The van der Waals surface area contributed by atoms with Crippen LogP contribution in [0.15, 0.2) is 53.7 Å². The van der Waals surface area contributed by atoms with E-state index in [0.717, 1.165) is 5.56 Å². The van der Waals surface area contributed by atoms with E-state index in [1.165, 1.54) is 11.8 Å². The predicted octanol–water partition coefficient (Wildman–Crippen LogP) is 5.15. The molecule has 25 heavy (non-hydrogen) atoms. The molecule has 0 N–H and O–H groups in total. The lowest BCUT2D eigenvalue weighted by atomic mass is 10.1. The molecule has 0 fully saturated rings. The highest BCUT2D eigenvalue weighted by atomic mass is 35.5. The van der Waals surface area contributed by atoms with E-state index in [1.54, 1.807) is 24.3 Å². The van der Waals surface area contributed by atoms with Crippen molar-refractivity contribution in [2.24, 2.45) is 7.05 Å². The molecule has 0 amide bonds. The Bertz CT molecular complexity index is 909. The number of benzene rings is 2. The first-order chi connectivity index (χ1) is 12.0. The number of aromatic nitrogens is 3. The molecular formula is C18H15Cl2N3OS. The van der Waals surface area contributed by atoms with Gasteiger partial charge in [0.05, 0.1) is 10.3 Å².